The lowest BCUT2D eigenvalue weighted by atomic mass is 10.0. The summed E-state index contributed by atoms with van der Waals surface area (Å²) in [6.07, 6.45) is -0.522. The number of hydrogen-bond donors (Lipinski definition) is 5. The molecule has 0 fully saturated rings. The highest BCUT2D eigenvalue weighted by atomic mass is 35.5. The summed E-state index contributed by atoms with van der Waals surface area (Å²) in [7, 11) is -4.38. The van der Waals surface area contributed by atoms with E-state index in [4.69, 9.17) is 26.6 Å². The Kier molecular flexibility index (Phi) is 9.22. The lowest BCUT2D eigenvalue weighted by Gasteiger charge is -2.37. The molecule has 14 heteroatoms. The Morgan fingerprint density at radius 1 is 1.27 bits per heavy atom. The summed E-state index contributed by atoms with van der Waals surface area (Å²) in [6, 6.07) is 0. The number of anilines is 1. The molecule has 33 heavy (non-hydrogen) atoms. The Bertz CT molecular complexity index is 989. The molecule has 188 valence electrons. The van der Waals surface area contributed by atoms with E-state index < -0.39 is 37.5 Å². The molecule has 2 unspecified atom stereocenters. The number of fused-ring (bicyclic) bond motifs is 1. The Morgan fingerprint density at radius 2 is 1.91 bits per heavy atom. The van der Waals surface area contributed by atoms with E-state index in [-0.39, 0.29) is 48.1 Å². The number of nitrogens with zero attached hydrogens (tertiary/aromatic N) is 4. The maximum absolute atomic E-state index is 12.8. The first kappa shape index (κ1) is 27.9. The van der Waals surface area contributed by atoms with Crippen molar-refractivity contribution in [2.45, 2.75) is 76.7 Å². The summed E-state index contributed by atoms with van der Waals surface area (Å²) >= 11 is 6.05. The van der Waals surface area contributed by atoms with E-state index >= 15 is 0 Å². The van der Waals surface area contributed by atoms with E-state index in [1.54, 1.807) is 27.7 Å². The van der Waals surface area contributed by atoms with E-state index in [9.17, 15) is 24.8 Å². The first-order chi connectivity index (χ1) is 15.4. The second kappa shape index (κ2) is 10.9. The molecule has 0 aromatic carbocycles. The molecule has 0 aliphatic rings. The van der Waals surface area contributed by atoms with Crippen LogP contribution in [0.1, 0.15) is 59.6 Å². The molecule has 2 heterocycles. The van der Waals surface area contributed by atoms with Crippen LogP contribution < -0.4 is 5.73 Å². The molecule has 0 aliphatic heterocycles. The number of aliphatic hydroxyl groups excluding tert-OH is 2. The van der Waals surface area contributed by atoms with Crippen LogP contribution in [0.2, 0.25) is 5.15 Å². The second-order valence-electron chi connectivity index (χ2n) is 8.06. The molecule has 0 aliphatic carbocycles. The summed E-state index contributed by atoms with van der Waals surface area (Å²) in [4.78, 5) is 22.5. The predicted molar refractivity (Wildman–Crippen MR) is 123 cm³/mol. The molecule has 0 saturated heterocycles. The minimum atomic E-state index is -4.38. The van der Waals surface area contributed by atoms with Gasteiger partial charge in [0.05, 0.1) is 25.1 Å². The van der Waals surface area contributed by atoms with Gasteiger partial charge in [-0.3, -0.25) is 9.13 Å². The summed E-state index contributed by atoms with van der Waals surface area (Å²) in [6.45, 7) is 6.00. The van der Waals surface area contributed by atoms with Crippen LogP contribution in [-0.4, -0.2) is 70.0 Å². The van der Waals surface area contributed by atoms with E-state index in [0.717, 1.165) is 0 Å². The molecule has 0 bridgehead atoms. The van der Waals surface area contributed by atoms with Crippen LogP contribution in [0.4, 0.5) is 5.95 Å². The molecule has 0 radical (unpaired) electrons. The molecule has 2 aromatic heterocycles. The molecular formula is C19H33ClN5O7P. The Balaban J connectivity index is 2.23. The van der Waals surface area contributed by atoms with Crippen molar-refractivity contribution in [3.63, 3.8) is 0 Å². The fourth-order valence-corrected chi connectivity index (χ4v) is 5.27. The van der Waals surface area contributed by atoms with E-state index in [0.29, 0.717) is 6.42 Å². The van der Waals surface area contributed by atoms with E-state index in [1.807, 2.05) is 0 Å². The lowest BCUT2D eigenvalue weighted by molar-refractivity contribution is -0.107. The minimum Gasteiger partial charge on any atom is -0.394 e. The van der Waals surface area contributed by atoms with Gasteiger partial charge in [0, 0.05) is 6.42 Å². The number of halogens is 1. The maximum Gasteiger partial charge on any atom is 0.359 e. The van der Waals surface area contributed by atoms with Gasteiger partial charge in [-0.2, -0.15) is 9.97 Å². The molecule has 12 nitrogen and oxygen atoms in total. The van der Waals surface area contributed by atoms with Crippen LogP contribution in [0, 0.1) is 0 Å². The van der Waals surface area contributed by atoms with Crippen molar-refractivity contribution in [2.24, 2.45) is 0 Å². The first-order valence-electron chi connectivity index (χ1n) is 10.7. The number of imidazole rings is 1. The van der Waals surface area contributed by atoms with Crippen LogP contribution in [0.3, 0.4) is 0 Å². The van der Waals surface area contributed by atoms with Crippen molar-refractivity contribution in [3.8, 4) is 0 Å². The smallest absolute Gasteiger partial charge is 0.359 e. The Labute approximate surface area is 197 Å². The van der Waals surface area contributed by atoms with Gasteiger partial charge >= 0.3 is 7.60 Å². The van der Waals surface area contributed by atoms with Crippen molar-refractivity contribution >= 4 is 36.3 Å². The van der Waals surface area contributed by atoms with Gasteiger partial charge in [-0.15, -0.1) is 0 Å². The minimum absolute atomic E-state index is 0.0264. The van der Waals surface area contributed by atoms with Crippen molar-refractivity contribution in [2.75, 3.05) is 18.9 Å². The average molecular weight is 510 g/mol. The summed E-state index contributed by atoms with van der Waals surface area (Å²) < 4.78 is 25.6. The zero-order valence-corrected chi connectivity index (χ0v) is 20.8. The first-order valence-corrected chi connectivity index (χ1v) is 12.6. The van der Waals surface area contributed by atoms with Crippen molar-refractivity contribution < 1.29 is 34.0 Å². The number of ether oxygens (including phenoxy) is 1. The Morgan fingerprint density at radius 3 is 2.45 bits per heavy atom. The van der Waals surface area contributed by atoms with Crippen LogP contribution in [-0.2, 0) is 13.8 Å². The highest BCUT2D eigenvalue weighted by Gasteiger charge is 2.48. The third-order valence-electron chi connectivity index (χ3n) is 5.86. The SMILES string of the molecule is CCC(C)(CCO[C@H]([C@H](O)CO)n1cnc2c(Cl)nc(N)nc21)OP(=O)(O)C(O)(CC)CC. The third kappa shape index (κ3) is 6.01. The topological polar surface area (TPSA) is 186 Å². The largest absolute Gasteiger partial charge is 0.394 e. The number of rotatable bonds is 13. The van der Waals surface area contributed by atoms with Crippen LogP contribution in [0.15, 0.2) is 6.33 Å². The van der Waals surface area contributed by atoms with Crippen molar-refractivity contribution in [3.05, 3.63) is 11.5 Å². The molecule has 2 rings (SSSR count). The number of aromatic nitrogens is 4. The van der Waals surface area contributed by atoms with Gasteiger partial charge < -0.3 is 35.2 Å². The predicted octanol–water partition coefficient (Wildman–Crippen LogP) is 2.20. The monoisotopic (exact) mass is 509 g/mol. The van der Waals surface area contributed by atoms with Gasteiger partial charge in [-0.25, -0.2) is 4.98 Å². The lowest BCUT2D eigenvalue weighted by Crippen LogP contribution is -2.36. The highest BCUT2D eigenvalue weighted by molar-refractivity contribution is 7.54. The molecule has 0 saturated carbocycles. The van der Waals surface area contributed by atoms with Crippen LogP contribution >= 0.6 is 19.2 Å². The maximum atomic E-state index is 12.8. The van der Waals surface area contributed by atoms with Gasteiger partial charge in [-0.1, -0.05) is 32.4 Å². The zero-order valence-electron chi connectivity index (χ0n) is 19.2. The average Bonchev–Trinajstić information content (AvgIpc) is 3.18. The summed E-state index contributed by atoms with van der Waals surface area (Å²) in [5.41, 5.74) is 5.00. The van der Waals surface area contributed by atoms with Gasteiger partial charge in [0.1, 0.15) is 11.6 Å². The van der Waals surface area contributed by atoms with E-state index in [2.05, 4.69) is 15.0 Å². The second-order valence-corrected chi connectivity index (χ2v) is 10.5. The van der Waals surface area contributed by atoms with E-state index in [1.165, 1.54) is 10.9 Å². The molecule has 0 spiro atoms. The fourth-order valence-electron chi connectivity index (χ4n) is 3.27. The number of nitrogens with two attached hydrogens (primary N) is 1. The third-order valence-corrected chi connectivity index (χ3v) is 8.49. The van der Waals surface area contributed by atoms with Crippen LogP contribution in [0.25, 0.3) is 11.2 Å². The number of hydrogen-bond acceptors (Lipinski definition) is 10. The van der Waals surface area contributed by atoms with Crippen molar-refractivity contribution in [1.82, 2.24) is 19.5 Å². The number of aliphatic hydroxyl groups is 3. The van der Waals surface area contributed by atoms with Gasteiger partial charge in [0.15, 0.2) is 22.4 Å². The summed E-state index contributed by atoms with van der Waals surface area (Å²) in [5.74, 6) is -0.100. The van der Waals surface area contributed by atoms with Crippen LogP contribution in [0.5, 0.6) is 0 Å². The highest BCUT2D eigenvalue weighted by Crippen LogP contribution is 2.60. The van der Waals surface area contributed by atoms with Gasteiger partial charge in [0.25, 0.3) is 0 Å². The fraction of sp³-hybridized carbons (Fsp3) is 0.737. The molecule has 6 N–H and O–H groups in total. The summed E-state index contributed by atoms with van der Waals surface area (Å²) in [5, 5.41) is 28.6. The molecular weight excluding hydrogens is 477 g/mol. The normalized spacial score (nSPS) is 18.1. The molecule has 0 amide bonds. The van der Waals surface area contributed by atoms with Gasteiger partial charge in [-0.05, 0) is 26.2 Å². The number of nitrogen functional groups attached to an aromatic ring is 1. The van der Waals surface area contributed by atoms with Gasteiger partial charge in [0.2, 0.25) is 5.95 Å². The molecule has 4 atom stereocenters. The quantitative estimate of drug-likeness (QED) is 0.197. The zero-order chi connectivity index (χ0) is 25.0. The Hall–Kier alpha value is -1.37. The van der Waals surface area contributed by atoms with Crippen molar-refractivity contribution in [1.29, 1.82) is 0 Å². The molecule has 2 aromatic rings. The standard InChI is InChI=1S/C19H33ClN5O7P/c1-5-18(4,32-33(29,30)19(28,6-2)7-3)8-9-31-16(12(27)10-26)25-11-22-13-14(20)23-17(21)24-15(13)25/h11-12,16,26-28H,5-10H2,1-4H3,(H,29,30)(H2,21,23,24)/t12-,16-,18?/m1/s1.